The molecular formula is C18H33KO3. The van der Waals surface area contributed by atoms with Crippen molar-refractivity contribution in [1.29, 1.82) is 0 Å². The predicted molar refractivity (Wildman–Crippen MR) is 85.8 cm³/mol. The van der Waals surface area contributed by atoms with Gasteiger partial charge in [0, 0.05) is 5.97 Å². The number of rotatable bonds is 15. The van der Waals surface area contributed by atoms with Gasteiger partial charge in [-0.25, -0.2) is 0 Å². The number of allylic oxidation sites excluding steroid dienone is 2. The van der Waals surface area contributed by atoms with E-state index in [1.807, 2.05) is 0 Å². The molecule has 0 aromatic heterocycles. The minimum atomic E-state index is -1.08. The molecule has 0 radical (unpaired) electrons. The predicted octanol–water partition coefficient (Wildman–Crippen LogP) is 0.749. The molecule has 0 saturated carbocycles. The summed E-state index contributed by atoms with van der Waals surface area (Å²) in [5.74, 6) is -1.08. The summed E-state index contributed by atoms with van der Waals surface area (Å²) in [5, 5.41) is 19.8. The third-order valence-corrected chi connectivity index (χ3v) is 3.73. The normalized spacial score (nSPS) is 12.3. The van der Waals surface area contributed by atoms with Crippen molar-refractivity contribution < 1.29 is 66.4 Å². The molecule has 3 nitrogen and oxygen atoms in total. The standard InChI is InChI=1S/C18H34O3.K/c1-2-3-4-5-6-7-8-9-10-11-12-13-14-17(19)15-16-18(20)21;/h9-10,17,19H,2-8,11-16H2,1H3,(H,20,21);/q;+1/p-1/b10-9-;. The number of carboxylic acid groups (broad SMARTS) is 1. The average molecular weight is 337 g/mol. The molecule has 0 spiro atoms. The van der Waals surface area contributed by atoms with Crippen LogP contribution in [0.3, 0.4) is 0 Å². The molecule has 0 rings (SSSR count). The average Bonchev–Trinajstić information content (AvgIpc) is 2.46. The van der Waals surface area contributed by atoms with Gasteiger partial charge in [0.05, 0.1) is 6.10 Å². The zero-order valence-corrected chi connectivity index (χ0v) is 17.8. The number of aliphatic carboxylic acids is 1. The van der Waals surface area contributed by atoms with Crippen LogP contribution in [0.15, 0.2) is 12.2 Å². The van der Waals surface area contributed by atoms with Gasteiger partial charge in [-0.2, -0.15) is 0 Å². The Morgan fingerprint density at radius 2 is 1.50 bits per heavy atom. The number of aliphatic hydroxyl groups excluding tert-OH is 1. The number of aliphatic hydroxyl groups is 1. The summed E-state index contributed by atoms with van der Waals surface area (Å²) in [6.45, 7) is 2.24. The molecule has 1 atom stereocenters. The van der Waals surface area contributed by atoms with Gasteiger partial charge in [-0.1, -0.05) is 57.6 Å². The number of unbranched alkanes of at least 4 members (excludes halogenated alkanes) is 8. The Kier molecular flexibility index (Phi) is 22.6. The SMILES string of the molecule is CCCCCCCC/C=C\CCCCC(O)CCC(=O)[O-].[K+]. The van der Waals surface area contributed by atoms with Gasteiger partial charge in [-0.15, -0.1) is 0 Å². The van der Waals surface area contributed by atoms with Crippen molar-refractivity contribution in [3.8, 4) is 0 Å². The van der Waals surface area contributed by atoms with Gasteiger partial charge < -0.3 is 15.0 Å². The van der Waals surface area contributed by atoms with Crippen LogP contribution in [0.5, 0.6) is 0 Å². The van der Waals surface area contributed by atoms with Crippen LogP contribution in [-0.2, 0) is 4.79 Å². The van der Waals surface area contributed by atoms with Gasteiger partial charge in [-0.3, -0.25) is 0 Å². The first kappa shape index (κ1) is 25.1. The number of carbonyl (C=O) groups is 1. The topological polar surface area (TPSA) is 60.4 Å². The van der Waals surface area contributed by atoms with Gasteiger partial charge in [0.25, 0.3) is 0 Å². The quantitative estimate of drug-likeness (QED) is 0.273. The van der Waals surface area contributed by atoms with E-state index in [9.17, 15) is 15.0 Å². The minimum Gasteiger partial charge on any atom is -0.550 e. The Bertz CT molecular complexity index is 267. The molecule has 0 aliphatic rings. The minimum absolute atomic E-state index is 0. The molecule has 1 unspecified atom stereocenters. The van der Waals surface area contributed by atoms with Gasteiger partial charge in [0.1, 0.15) is 0 Å². The van der Waals surface area contributed by atoms with E-state index in [1.165, 1.54) is 44.9 Å². The third kappa shape index (κ3) is 20.8. The van der Waals surface area contributed by atoms with E-state index in [-0.39, 0.29) is 57.8 Å². The summed E-state index contributed by atoms with van der Waals surface area (Å²) in [6, 6.07) is 0. The van der Waals surface area contributed by atoms with Crippen LogP contribution in [0.25, 0.3) is 0 Å². The van der Waals surface area contributed by atoms with Gasteiger partial charge >= 0.3 is 51.4 Å². The van der Waals surface area contributed by atoms with Crippen molar-refractivity contribution in [3.05, 3.63) is 12.2 Å². The molecule has 0 heterocycles. The number of carboxylic acids is 1. The molecule has 0 fully saturated rings. The second kappa shape index (κ2) is 19.9. The van der Waals surface area contributed by atoms with E-state index < -0.39 is 12.1 Å². The molecule has 0 aliphatic heterocycles. The van der Waals surface area contributed by atoms with E-state index in [1.54, 1.807) is 0 Å². The van der Waals surface area contributed by atoms with E-state index in [0.717, 1.165) is 19.3 Å². The zero-order chi connectivity index (χ0) is 15.8. The molecule has 4 heteroatoms. The van der Waals surface area contributed by atoms with Crippen molar-refractivity contribution >= 4 is 5.97 Å². The number of hydrogen-bond acceptors (Lipinski definition) is 3. The van der Waals surface area contributed by atoms with Crippen LogP contribution in [-0.4, -0.2) is 17.2 Å². The van der Waals surface area contributed by atoms with Gasteiger partial charge in [0.2, 0.25) is 0 Å². The van der Waals surface area contributed by atoms with Crippen LogP contribution in [0.4, 0.5) is 0 Å². The molecule has 0 bridgehead atoms. The summed E-state index contributed by atoms with van der Waals surface area (Å²) in [7, 11) is 0. The first-order valence-electron chi connectivity index (χ1n) is 8.69. The van der Waals surface area contributed by atoms with Crippen LogP contribution in [0.1, 0.15) is 90.4 Å². The maximum Gasteiger partial charge on any atom is 1.00 e. The van der Waals surface area contributed by atoms with Gasteiger partial charge in [0.15, 0.2) is 0 Å². The first-order valence-corrected chi connectivity index (χ1v) is 8.69. The van der Waals surface area contributed by atoms with Crippen molar-refractivity contribution in [1.82, 2.24) is 0 Å². The van der Waals surface area contributed by atoms with E-state index in [0.29, 0.717) is 12.8 Å². The summed E-state index contributed by atoms with van der Waals surface area (Å²) in [6.07, 6.45) is 17.3. The van der Waals surface area contributed by atoms with E-state index >= 15 is 0 Å². The molecule has 0 aliphatic carbocycles. The fourth-order valence-electron chi connectivity index (χ4n) is 2.35. The molecule has 0 aromatic rings. The first-order chi connectivity index (χ1) is 10.2. The van der Waals surface area contributed by atoms with Crippen molar-refractivity contribution in [2.75, 3.05) is 0 Å². The fraction of sp³-hybridized carbons (Fsp3) is 0.833. The van der Waals surface area contributed by atoms with Crippen LogP contribution < -0.4 is 56.5 Å². The zero-order valence-electron chi connectivity index (χ0n) is 14.7. The monoisotopic (exact) mass is 336 g/mol. The fourth-order valence-corrected chi connectivity index (χ4v) is 2.35. The number of hydrogen-bond donors (Lipinski definition) is 1. The largest absolute Gasteiger partial charge is 1.00 e. The second-order valence-electron chi connectivity index (χ2n) is 5.88. The summed E-state index contributed by atoms with van der Waals surface area (Å²) < 4.78 is 0. The van der Waals surface area contributed by atoms with Crippen LogP contribution in [0, 0.1) is 0 Å². The van der Waals surface area contributed by atoms with Crippen LogP contribution >= 0.6 is 0 Å². The Labute approximate surface area is 179 Å². The van der Waals surface area contributed by atoms with Crippen LogP contribution in [0.2, 0.25) is 0 Å². The Morgan fingerprint density at radius 1 is 0.955 bits per heavy atom. The maximum atomic E-state index is 10.2. The molecular weight excluding hydrogens is 303 g/mol. The summed E-state index contributed by atoms with van der Waals surface area (Å²) >= 11 is 0. The third-order valence-electron chi connectivity index (χ3n) is 3.73. The second-order valence-corrected chi connectivity index (χ2v) is 5.88. The number of carbonyl (C=O) groups excluding carboxylic acids is 1. The molecule has 22 heavy (non-hydrogen) atoms. The summed E-state index contributed by atoms with van der Waals surface area (Å²) in [5.41, 5.74) is 0. The van der Waals surface area contributed by atoms with E-state index in [2.05, 4.69) is 19.1 Å². The molecule has 124 valence electrons. The molecule has 0 aromatic carbocycles. The Balaban J connectivity index is 0. The smallest absolute Gasteiger partial charge is 0.550 e. The molecule has 0 saturated heterocycles. The van der Waals surface area contributed by atoms with E-state index in [4.69, 9.17) is 0 Å². The summed E-state index contributed by atoms with van der Waals surface area (Å²) in [4.78, 5) is 10.2. The Hall–Kier alpha value is 0.806. The van der Waals surface area contributed by atoms with Crippen molar-refractivity contribution in [3.63, 3.8) is 0 Å². The Morgan fingerprint density at radius 3 is 2.09 bits per heavy atom. The van der Waals surface area contributed by atoms with Crippen molar-refractivity contribution in [2.24, 2.45) is 0 Å². The molecule has 1 N–H and O–H groups in total. The van der Waals surface area contributed by atoms with Gasteiger partial charge in [-0.05, 0) is 44.9 Å². The maximum absolute atomic E-state index is 10.2. The van der Waals surface area contributed by atoms with Crippen molar-refractivity contribution in [2.45, 2.75) is 96.5 Å². The molecule has 0 amide bonds.